The molecule has 9 heteroatoms. The Kier molecular flexibility index (Phi) is 7.31. The Hall–Kier alpha value is -3.91. The lowest BCUT2D eigenvalue weighted by molar-refractivity contribution is -0.137. The molecule has 1 heterocycles. The molecule has 0 radical (unpaired) electrons. The molecule has 4 rings (SSSR count). The normalized spacial score (nSPS) is 12.9. The van der Waals surface area contributed by atoms with Gasteiger partial charge in [0.1, 0.15) is 17.8 Å². The first-order chi connectivity index (χ1) is 16.8. The second-order valence-electron chi connectivity index (χ2n) is 8.28. The van der Waals surface area contributed by atoms with Crippen molar-refractivity contribution in [3.63, 3.8) is 0 Å². The molecule has 8 nitrogen and oxygen atoms in total. The predicted molar refractivity (Wildman–Crippen MR) is 131 cm³/mol. The maximum absolute atomic E-state index is 12.8. The minimum Gasteiger partial charge on any atom is -0.481 e. The van der Waals surface area contributed by atoms with Gasteiger partial charge in [-0.2, -0.15) is 0 Å². The molecular formula is C26H24ClN3O5. The van der Waals surface area contributed by atoms with Crippen LogP contribution in [0, 0.1) is 6.92 Å². The van der Waals surface area contributed by atoms with Gasteiger partial charge < -0.3 is 20.5 Å². The first kappa shape index (κ1) is 24.2. The molecule has 0 bridgehead atoms. The summed E-state index contributed by atoms with van der Waals surface area (Å²) < 4.78 is 5.50. The average Bonchev–Trinajstić information content (AvgIpc) is 3.16. The number of fused-ring (bicyclic) bond motifs is 3. The molecule has 3 aromatic rings. The van der Waals surface area contributed by atoms with Gasteiger partial charge >= 0.3 is 12.1 Å². The van der Waals surface area contributed by atoms with Crippen LogP contribution in [0.1, 0.15) is 35.4 Å². The van der Waals surface area contributed by atoms with E-state index < -0.39 is 24.0 Å². The number of carbonyl (C=O) groups is 3. The van der Waals surface area contributed by atoms with Gasteiger partial charge in [-0.25, -0.2) is 9.78 Å². The van der Waals surface area contributed by atoms with Gasteiger partial charge in [0.15, 0.2) is 0 Å². The second kappa shape index (κ2) is 10.6. The Bertz CT molecular complexity index is 1230. The number of rotatable bonds is 8. The van der Waals surface area contributed by atoms with Crippen molar-refractivity contribution in [2.45, 2.75) is 31.7 Å². The van der Waals surface area contributed by atoms with E-state index in [1.807, 2.05) is 48.5 Å². The molecule has 0 aliphatic heterocycles. The van der Waals surface area contributed by atoms with Gasteiger partial charge in [0.25, 0.3) is 0 Å². The zero-order chi connectivity index (χ0) is 24.9. The number of alkyl carbamates (subject to hydrolysis) is 1. The van der Waals surface area contributed by atoms with Crippen molar-refractivity contribution in [1.82, 2.24) is 10.3 Å². The molecule has 1 aliphatic rings. The number of carbonyl (C=O) groups excluding carboxylic acids is 2. The number of hydrogen-bond donors (Lipinski definition) is 3. The summed E-state index contributed by atoms with van der Waals surface area (Å²) in [5.41, 5.74) is 5.37. The first-order valence-electron chi connectivity index (χ1n) is 11.1. The third kappa shape index (κ3) is 5.60. The molecule has 0 spiro atoms. The topological polar surface area (TPSA) is 118 Å². The summed E-state index contributed by atoms with van der Waals surface area (Å²) in [4.78, 5) is 40.5. The second-order valence-corrected chi connectivity index (χ2v) is 8.63. The van der Waals surface area contributed by atoms with E-state index >= 15 is 0 Å². The van der Waals surface area contributed by atoms with E-state index in [4.69, 9.17) is 21.4 Å². The van der Waals surface area contributed by atoms with Crippen LogP contribution in [-0.2, 0) is 14.3 Å². The molecule has 1 unspecified atom stereocenters. The molecule has 180 valence electrons. The molecule has 2 amide bonds. The smallest absolute Gasteiger partial charge is 0.407 e. The summed E-state index contributed by atoms with van der Waals surface area (Å²) in [7, 11) is 0. The van der Waals surface area contributed by atoms with Gasteiger partial charge in [0.2, 0.25) is 5.91 Å². The van der Waals surface area contributed by atoms with Crippen molar-refractivity contribution in [3.8, 4) is 11.1 Å². The predicted octanol–water partition coefficient (Wildman–Crippen LogP) is 4.75. The van der Waals surface area contributed by atoms with Gasteiger partial charge in [0, 0.05) is 12.3 Å². The SMILES string of the molecule is Cc1cc(NC(=O)C(CCC(=O)O)NC(=O)OCC2c3ccccc3-c3ccccc32)cnc1Cl. The Balaban J connectivity index is 1.43. The molecule has 0 saturated heterocycles. The average molecular weight is 494 g/mol. The number of aromatic nitrogens is 1. The fourth-order valence-corrected chi connectivity index (χ4v) is 4.28. The number of nitrogens with one attached hydrogen (secondary N) is 2. The van der Waals surface area contributed by atoms with Gasteiger partial charge in [-0.3, -0.25) is 9.59 Å². The fourth-order valence-electron chi connectivity index (χ4n) is 4.17. The van der Waals surface area contributed by atoms with Crippen LogP contribution in [0.2, 0.25) is 5.15 Å². The number of ether oxygens (including phenoxy) is 1. The largest absolute Gasteiger partial charge is 0.481 e. The quantitative estimate of drug-likeness (QED) is 0.390. The summed E-state index contributed by atoms with van der Waals surface area (Å²) in [5, 5.41) is 14.5. The van der Waals surface area contributed by atoms with Crippen molar-refractivity contribution < 1.29 is 24.2 Å². The lowest BCUT2D eigenvalue weighted by atomic mass is 9.98. The molecule has 35 heavy (non-hydrogen) atoms. The number of anilines is 1. The molecular weight excluding hydrogens is 470 g/mol. The molecule has 0 fully saturated rings. The van der Waals surface area contributed by atoms with Gasteiger partial charge in [0.05, 0.1) is 11.9 Å². The number of benzene rings is 2. The standard InChI is InChI=1S/C26H24ClN3O5/c1-15-12-16(13-28-24(15)27)29-25(33)22(10-11-23(31)32)30-26(34)35-14-21-19-8-4-2-6-17(19)18-7-3-5-9-20(18)21/h2-9,12-13,21-22H,10-11,14H2,1H3,(H,29,33)(H,30,34)(H,31,32). The van der Waals surface area contributed by atoms with Crippen LogP contribution in [0.25, 0.3) is 11.1 Å². The highest BCUT2D eigenvalue weighted by Crippen LogP contribution is 2.44. The number of pyridine rings is 1. The minimum absolute atomic E-state index is 0.0768. The van der Waals surface area contributed by atoms with E-state index in [0.29, 0.717) is 16.4 Å². The van der Waals surface area contributed by atoms with E-state index in [1.165, 1.54) is 6.20 Å². The molecule has 2 aromatic carbocycles. The Morgan fingerprint density at radius 1 is 1.09 bits per heavy atom. The first-order valence-corrected chi connectivity index (χ1v) is 11.5. The van der Waals surface area contributed by atoms with Crippen LogP contribution >= 0.6 is 11.6 Å². The highest BCUT2D eigenvalue weighted by atomic mass is 35.5. The summed E-state index contributed by atoms with van der Waals surface area (Å²) in [5.74, 6) is -1.80. The van der Waals surface area contributed by atoms with Gasteiger partial charge in [-0.05, 0) is 47.2 Å². The third-order valence-electron chi connectivity index (χ3n) is 5.88. The monoisotopic (exact) mass is 493 g/mol. The van der Waals surface area contributed by atoms with Crippen LogP contribution in [0.15, 0.2) is 60.8 Å². The fraction of sp³-hybridized carbons (Fsp3) is 0.231. The van der Waals surface area contributed by atoms with E-state index in [1.54, 1.807) is 13.0 Å². The van der Waals surface area contributed by atoms with Crippen molar-refractivity contribution in [1.29, 1.82) is 0 Å². The van der Waals surface area contributed by atoms with E-state index in [-0.39, 0.29) is 25.4 Å². The maximum atomic E-state index is 12.8. The summed E-state index contributed by atoms with van der Waals surface area (Å²) in [6, 6.07) is 16.4. The Labute approximate surface area is 207 Å². The number of halogens is 1. The highest BCUT2D eigenvalue weighted by Gasteiger charge is 2.30. The lowest BCUT2D eigenvalue weighted by Crippen LogP contribution is -2.44. The van der Waals surface area contributed by atoms with Crippen LogP contribution in [0.5, 0.6) is 0 Å². The summed E-state index contributed by atoms with van der Waals surface area (Å²) in [6.45, 7) is 1.81. The van der Waals surface area contributed by atoms with Crippen LogP contribution in [-0.4, -0.2) is 40.7 Å². The lowest BCUT2D eigenvalue weighted by Gasteiger charge is -2.19. The zero-order valence-electron chi connectivity index (χ0n) is 19.0. The number of carboxylic acid groups (broad SMARTS) is 1. The summed E-state index contributed by atoms with van der Waals surface area (Å²) in [6.07, 6.45) is 0.169. The number of carboxylic acids is 1. The van der Waals surface area contributed by atoms with E-state index in [0.717, 1.165) is 22.3 Å². The van der Waals surface area contributed by atoms with E-state index in [9.17, 15) is 14.4 Å². The van der Waals surface area contributed by atoms with Gasteiger partial charge in [-0.15, -0.1) is 0 Å². The number of amides is 2. The maximum Gasteiger partial charge on any atom is 0.407 e. The molecule has 0 saturated carbocycles. The van der Waals surface area contributed by atoms with Crippen molar-refractivity contribution in [3.05, 3.63) is 82.6 Å². The summed E-state index contributed by atoms with van der Waals surface area (Å²) >= 11 is 5.92. The number of aryl methyl sites for hydroxylation is 1. The molecule has 1 atom stereocenters. The zero-order valence-corrected chi connectivity index (χ0v) is 19.7. The van der Waals surface area contributed by atoms with Crippen molar-refractivity contribution in [2.75, 3.05) is 11.9 Å². The van der Waals surface area contributed by atoms with Gasteiger partial charge in [-0.1, -0.05) is 60.1 Å². The number of hydrogen-bond acceptors (Lipinski definition) is 5. The number of nitrogens with zero attached hydrogens (tertiary/aromatic N) is 1. The molecule has 3 N–H and O–H groups in total. The third-order valence-corrected chi connectivity index (χ3v) is 6.28. The Morgan fingerprint density at radius 3 is 2.31 bits per heavy atom. The van der Waals surface area contributed by atoms with Crippen molar-refractivity contribution >= 4 is 35.3 Å². The highest BCUT2D eigenvalue weighted by molar-refractivity contribution is 6.30. The number of aliphatic carboxylic acids is 1. The molecule has 1 aromatic heterocycles. The van der Waals surface area contributed by atoms with Crippen LogP contribution in [0.3, 0.4) is 0 Å². The minimum atomic E-state index is -1.11. The van der Waals surface area contributed by atoms with Crippen LogP contribution in [0.4, 0.5) is 10.5 Å². The van der Waals surface area contributed by atoms with Crippen molar-refractivity contribution in [2.24, 2.45) is 0 Å². The Morgan fingerprint density at radius 2 is 1.71 bits per heavy atom. The van der Waals surface area contributed by atoms with E-state index in [2.05, 4.69) is 15.6 Å². The van der Waals surface area contributed by atoms with Crippen LogP contribution < -0.4 is 10.6 Å². The molecule has 1 aliphatic carbocycles.